The van der Waals surface area contributed by atoms with Crippen molar-refractivity contribution in [2.75, 3.05) is 43.6 Å². The van der Waals surface area contributed by atoms with E-state index in [0.717, 1.165) is 9.87 Å². The van der Waals surface area contributed by atoms with E-state index in [-0.39, 0.29) is 24.0 Å². The Morgan fingerprint density at radius 1 is 1.03 bits per heavy atom. The van der Waals surface area contributed by atoms with E-state index in [1.807, 2.05) is 13.0 Å². The van der Waals surface area contributed by atoms with Gasteiger partial charge in [0.25, 0.3) is 10.0 Å². The highest BCUT2D eigenvalue weighted by molar-refractivity contribution is 7.92. The minimum atomic E-state index is -4.01. The molecule has 0 saturated carbocycles. The molecule has 2 aromatic rings. The molecule has 32 heavy (non-hydrogen) atoms. The molecule has 0 N–H and O–H groups in total. The zero-order valence-electron chi connectivity index (χ0n) is 18.0. The predicted octanol–water partition coefficient (Wildman–Crippen LogP) is 3.14. The van der Waals surface area contributed by atoms with Gasteiger partial charge in [-0.1, -0.05) is 23.7 Å². The lowest BCUT2D eigenvalue weighted by Gasteiger charge is -2.35. The number of halogens is 1. The summed E-state index contributed by atoms with van der Waals surface area (Å²) in [4.78, 5) is 28.1. The number of rotatable bonds is 6. The molecule has 172 valence electrons. The average molecular weight is 480 g/mol. The monoisotopic (exact) mass is 479 g/mol. The van der Waals surface area contributed by atoms with E-state index >= 15 is 0 Å². The number of amides is 2. The largest absolute Gasteiger partial charge is 0.450 e. The summed E-state index contributed by atoms with van der Waals surface area (Å²) in [5.41, 5.74) is 1.27. The lowest BCUT2D eigenvalue weighted by atomic mass is 10.2. The summed E-state index contributed by atoms with van der Waals surface area (Å²) in [5.74, 6) is -0.340. The normalized spacial score (nSPS) is 14.2. The lowest BCUT2D eigenvalue weighted by Crippen LogP contribution is -2.53. The summed E-state index contributed by atoms with van der Waals surface area (Å²) < 4.78 is 33.0. The van der Waals surface area contributed by atoms with Crippen molar-refractivity contribution >= 4 is 39.3 Å². The number of nitrogens with zero attached hydrogens (tertiary/aromatic N) is 3. The van der Waals surface area contributed by atoms with Crippen molar-refractivity contribution in [2.24, 2.45) is 0 Å². The van der Waals surface area contributed by atoms with Crippen LogP contribution in [0.2, 0.25) is 5.02 Å². The van der Waals surface area contributed by atoms with Gasteiger partial charge in [-0.3, -0.25) is 9.10 Å². The Hall–Kier alpha value is -2.78. The number of hydrogen-bond acceptors (Lipinski definition) is 5. The maximum absolute atomic E-state index is 13.4. The average Bonchev–Trinajstić information content (AvgIpc) is 2.77. The molecular formula is C22H26ClN3O5S. The van der Waals surface area contributed by atoms with Crippen LogP contribution < -0.4 is 4.31 Å². The second-order valence-electron chi connectivity index (χ2n) is 7.37. The minimum Gasteiger partial charge on any atom is -0.450 e. The van der Waals surface area contributed by atoms with Gasteiger partial charge >= 0.3 is 6.09 Å². The number of aryl methyl sites for hydroxylation is 1. The number of piperazine rings is 1. The van der Waals surface area contributed by atoms with Gasteiger partial charge in [0.2, 0.25) is 5.91 Å². The summed E-state index contributed by atoms with van der Waals surface area (Å²) in [6.45, 7) is 4.80. The third-order valence-corrected chi connectivity index (χ3v) is 7.17. The zero-order valence-corrected chi connectivity index (χ0v) is 19.6. The van der Waals surface area contributed by atoms with Crippen LogP contribution in [0.15, 0.2) is 53.4 Å². The highest BCUT2D eigenvalue weighted by Crippen LogP contribution is 2.26. The van der Waals surface area contributed by atoms with Gasteiger partial charge in [0.1, 0.15) is 6.54 Å². The van der Waals surface area contributed by atoms with Crippen LogP contribution in [0.25, 0.3) is 0 Å². The Balaban J connectivity index is 1.82. The molecule has 0 spiro atoms. The molecule has 1 aliphatic rings. The molecule has 0 unspecified atom stereocenters. The van der Waals surface area contributed by atoms with Crippen LogP contribution in [0.4, 0.5) is 10.5 Å². The van der Waals surface area contributed by atoms with E-state index in [4.69, 9.17) is 16.3 Å². The molecule has 2 aromatic carbocycles. The van der Waals surface area contributed by atoms with Crippen molar-refractivity contribution < 1.29 is 22.7 Å². The summed E-state index contributed by atoms with van der Waals surface area (Å²) >= 11 is 5.91. The number of sulfonamides is 1. The molecule has 3 rings (SSSR count). The van der Waals surface area contributed by atoms with Gasteiger partial charge in [-0.15, -0.1) is 0 Å². The Bertz CT molecular complexity index is 1070. The van der Waals surface area contributed by atoms with Crippen LogP contribution in [0.5, 0.6) is 0 Å². The molecule has 10 heteroatoms. The fourth-order valence-corrected chi connectivity index (χ4v) is 4.94. The van der Waals surface area contributed by atoms with E-state index in [1.165, 1.54) is 29.2 Å². The summed E-state index contributed by atoms with van der Waals surface area (Å²) in [7, 11) is -4.01. The number of carbonyl (C=O) groups is 2. The lowest BCUT2D eigenvalue weighted by molar-refractivity contribution is -0.131. The van der Waals surface area contributed by atoms with Crippen LogP contribution in [0.3, 0.4) is 0 Å². The molecule has 0 bridgehead atoms. The number of benzene rings is 2. The molecule has 1 aliphatic heterocycles. The number of anilines is 1. The fraction of sp³-hybridized carbons (Fsp3) is 0.364. The molecular weight excluding hydrogens is 454 g/mol. The minimum absolute atomic E-state index is 0.0448. The Labute approximate surface area is 193 Å². The van der Waals surface area contributed by atoms with Gasteiger partial charge in [-0.05, 0) is 55.8 Å². The highest BCUT2D eigenvalue weighted by atomic mass is 35.5. The van der Waals surface area contributed by atoms with Gasteiger partial charge in [-0.2, -0.15) is 0 Å². The van der Waals surface area contributed by atoms with Gasteiger partial charge in [0.05, 0.1) is 17.2 Å². The zero-order chi connectivity index (χ0) is 23.3. The van der Waals surface area contributed by atoms with E-state index in [2.05, 4.69) is 0 Å². The van der Waals surface area contributed by atoms with Gasteiger partial charge in [0, 0.05) is 31.2 Å². The molecule has 0 atom stereocenters. The smallest absolute Gasteiger partial charge is 0.409 e. The van der Waals surface area contributed by atoms with Crippen molar-refractivity contribution in [2.45, 2.75) is 18.7 Å². The highest BCUT2D eigenvalue weighted by Gasteiger charge is 2.31. The standard InChI is InChI=1S/C22H26ClN3O5S/c1-3-31-22(28)25-13-11-24(12-14-25)21(27)16-26(19-6-4-5-17(2)15-19)32(29,30)20-9-7-18(23)8-10-20/h4-10,15H,3,11-14,16H2,1-2H3. The molecule has 1 heterocycles. The summed E-state index contributed by atoms with van der Waals surface area (Å²) in [6.07, 6.45) is -0.411. The van der Waals surface area contributed by atoms with E-state index in [9.17, 15) is 18.0 Å². The molecule has 0 aliphatic carbocycles. The number of ether oxygens (including phenoxy) is 1. The third-order valence-electron chi connectivity index (χ3n) is 5.13. The molecule has 2 amide bonds. The summed E-state index contributed by atoms with van der Waals surface area (Å²) in [6, 6.07) is 12.8. The van der Waals surface area contributed by atoms with Gasteiger partial charge < -0.3 is 14.5 Å². The van der Waals surface area contributed by atoms with Crippen molar-refractivity contribution in [1.29, 1.82) is 0 Å². The predicted molar refractivity (Wildman–Crippen MR) is 122 cm³/mol. The Kier molecular flexibility index (Phi) is 7.63. The molecule has 1 fully saturated rings. The maximum Gasteiger partial charge on any atom is 0.409 e. The van der Waals surface area contributed by atoms with Gasteiger partial charge in [-0.25, -0.2) is 13.2 Å². The molecule has 1 saturated heterocycles. The van der Waals surface area contributed by atoms with Crippen LogP contribution in [0, 0.1) is 6.92 Å². The van der Waals surface area contributed by atoms with Crippen molar-refractivity contribution in [1.82, 2.24) is 9.80 Å². The van der Waals surface area contributed by atoms with Crippen LogP contribution >= 0.6 is 11.6 Å². The Morgan fingerprint density at radius 3 is 2.25 bits per heavy atom. The Morgan fingerprint density at radius 2 is 1.66 bits per heavy atom. The first kappa shape index (κ1) is 23.9. The second-order valence-corrected chi connectivity index (χ2v) is 9.67. The first-order valence-corrected chi connectivity index (χ1v) is 12.1. The van der Waals surface area contributed by atoms with Crippen molar-refractivity contribution in [3.05, 3.63) is 59.1 Å². The number of hydrogen-bond donors (Lipinski definition) is 0. The molecule has 0 aromatic heterocycles. The van der Waals surface area contributed by atoms with Crippen LogP contribution in [0.1, 0.15) is 12.5 Å². The molecule has 0 radical (unpaired) electrons. The second kappa shape index (κ2) is 10.2. The van der Waals surface area contributed by atoms with Crippen LogP contribution in [-0.2, 0) is 19.6 Å². The van der Waals surface area contributed by atoms with Crippen LogP contribution in [-0.4, -0.2) is 69.5 Å². The van der Waals surface area contributed by atoms with E-state index in [1.54, 1.807) is 30.0 Å². The van der Waals surface area contributed by atoms with E-state index < -0.39 is 16.1 Å². The fourth-order valence-electron chi connectivity index (χ4n) is 3.41. The first-order chi connectivity index (χ1) is 15.2. The maximum atomic E-state index is 13.4. The van der Waals surface area contributed by atoms with Crippen molar-refractivity contribution in [3.63, 3.8) is 0 Å². The topological polar surface area (TPSA) is 87.2 Å². The van der Waals surface area contributed by atoms with E-state index in [0.29, 0.717) is 36.9 Å². The van der Waals surface area contributed by atoms with Crippen molar-refractivity contribution in [3.8, 4) is 0 Å². The number of carbonyl (C=O) groups excluding carboxylic acids is 2. The molecule has 8 nitrogen and oxygen atoms in total. The SMILES string of the molecule is CCOC(=O)N1CCN(C(=O)CN(c2cccc(C)c2)S(=O)(=O)c2ccc(Cl)cc2)CC1. The first-order valence-electron chi connectivity index (χ1n) is 10.3. The summed E-state index contributed by atoms with van der Waals surface area (Å²) in [5, 5.41) is 0.418. The quantitative estimate of drug-likeness (QED) is 0.635. The third kappa shape index (κ3) is 5.52. The van der Waals surface area contributed by atoms with Gasteiger partial charge in [0.15, 0.2) is 0 Å².